The average Bonchev–Trinajstić information content (AvgIpc) is 2.61. The predicted octanol–water partition coefficient (Wildman–Crippen LogP) is 3.82. The lowest BCUT2D eigenvalue weighted by Gasteiger charge is -2.33. The van der Waals surface area contributed by atoms with Gasteiger partial charge in [0.05, 0.1) is 6.10 Å². The van der Waals surface area contributed by atoms with Crippen LogP contribution in [0.3, 0.4) is 0 Å². The fraction of sp³-hybridized carbons (Fsp3) is 0.632. The number of aliphatic imine (C=N–C) groups is 1. The highest BCUT2D eigenvalue weighted by Crippen LogP contribution is 2.33. The highest BCUT2D eigenvalue weighted by molar-refractivity contribution is 14.0. The van der Waals surface area contributed by atoms with Crippen molar-refractivity contribution in [1.82, 2.24) is 4.90 Å². The van der Waals surface area contributed by atoms with Crippen LogP contribution in [-0.2, 0) is 4.74 Å². The van der Waals surface area contributed by atoms with Crippen LogP contribution in [0.15, 0.2) is 35.3 Å². The molecule has 2 saturated heterocycles. The van der Waals surface area contributed by atoms with Crippen LogP contribution in [0.25, 0.3) is 0 Å². The van der Waals surface area contributed by atoms with E-state index in [4.69, 9.17) is 15.5 Å². The van der Waals surface area contributed by atoms with Gasteiger partial charge in [0.1, 0.15) is 0 Å². The van der Waals surface area contributed by atoms with Gasteiger partial charge in [-0.2, -0.15) is 0 Å². The van der Waals surface area contributed by atoms with Gasteiger partial charge < -0.3 is 15.4 Å². The van der Waals surface area contributed by atoms with Crippen molar-refractivity contribution in [3.63, 3.8) is 0 Å². The first kappa shape index (κ1) is 19.5. The SMILES string of the molecule is CC1CCN(C(N)=NCC2CCCOC2c2ccccc2)CC1.I. The molecular formula is C19H30IN3O. The lowest BCUT2D eigenvalue weighted by molar-refractivity contribution is -0.0250. The van der Waals surface area contributed by atoms with Crippen LogP contribution in [0.5, 0.6) is 0 Å². The summed E-state index contributed by atoms with van der Waals surface area (Å²) < 4.78 is 6.04. The molecule has 134 valence electrons. The van der Waals surface area contributed by atoms with E-state index in [-0.39, 0.29) is 30.1 Å². The Morgan fingerprint density at radius 1 is 1.21 bits per heavy atom. The largest absolute Gasteiger partial charge is 0.373 e. The second-order valence-electron chi connectivity index (χ2n) is 6.97. The molecule has 2 aliphatic rings. The summed E-state index contributed by atoms with van der Waals surface area (Å²) in [5.74, 6) is 1.95. The van der Waals surface area contributed by atoms with Crippen molar-refractivity contribution in [2.45, 2.75) is 38.7 Å². The number of halogens is 1. The zero-order chi connectivity index (χ0) is 16.1. The normalized spacial score (nSPS) is 26.0. The summed E-state index contributed by atoms with van der Waals surface area (Å²) in [6.07, 6.45) is 4.87. The molecule has 0 radical (unpaired) electrons. The molecule has 0 amide bonds. The Bertz CT molecular complexity index is 515. The minimum atomic E-state index is 0. The first-order valence-electron chi connectivity index (χ1n) is 8.95. The van der Waals surface area contributed by atoms with E-state index in [2.05, 4.69) is 42.2 Å². The first-order chi connectivity index (χ1) is 11.2. The Morgan fingerprint density at radius 2 is 1.92 bits per heavy atom. The van der Waals surface area contributed by atoms with Crippen molar-refractivity contribution in [1.29, 1.82) is 0 Å². The highest BCUT2D eigenvalue weighted by atomic mass is 127. The highest BCUT2D eigenvalue weighted by Gasteiger charge is 2.27. The van der Waals surface area contributed by atoms with E-state index >= 15 is 0 Å². The molecule has 3 rings (SSSR count). The number of hydrogen-bond donors (Lipinski definition) is 1. The van der Waals surface area contributed by atoms with Crippen molar-refractivity contribution < 1.29 is 4.74 Å². The third-order valence-electron chi connectivity index (χ3n) is 5.17. The van der Waals surface area contributed by atoms with Gasteiger partial charge in [-0.1, -0.05) is 37.3 Å². The minimum Gasteiger partial charge on any atom is -0.373 e. The molecule has 2 heterocycles. The number of nitrogens with two attached hydrogens (primary N) is 1. The van der Waals surface area contributed by atoms with E-state index in [1.165, 1.54) is 18.4 Å². The summed E-state index contributed by atoms with van der Waals surface area (Å²) in [6, 6.07) is 10.5. The molecule has 0 saturated carbocycles. The van der Waals surface area contributed by atoms with Gasteiger partial charge >= 0.3 is 0 Å². The Kier molecular flexibility index (Phi) is 7.81. The smallest absolute Gasteiger partial charge is 0.191 e. The van der Waals surface area contributed by atoms with E-state index < -0.39 is 0 Å². The number of hydrogen-bond acceptors (Lipinski definition) is 2. The van der Waals surface area contributed by atoms with Gasteiger partial charge in [-0.05, 0) is 37.2 Å². The van der Waals surface area contributed by atoms with Crippen molar-refractivity contribution in [2.75, 3.05) is 26.2 Å². The minimum absolute atomic E-state index is 0. The number of benzene rings is 1. The molecule has 1 aromatic carbocycles. The summed E-state index contributed by atoms with van der Waals surface area (Å²) in [6.45, 7) is 6.00. The zero-order valence-corrected chi connectivity index (χ0v) is 16.9. The van der Waals surface area contributed by atoms with Crippen molar-refractivity contribution in [2.24, 2.45) is 22.6 Å². The van der Waals surface area contributed by atoms with Crippen LogP contribution in [-0.4, -0.2) is 37.1 Å². The van der Waals surface area contributed by atoms with Crippen LogP contribution < -0.4 is 5.73 Å². The summed E-state index contributed by atoms with van der Waals surface area (Å²) in [5, 5.41) is 0. The maximum atomic E-state index is 6.23. The number of likely N-dealkylation sites (tertiary alicyclic amines) is 1. The summed E-state index contributed by atoms with van der Waals surface area (Å²) >= 11 is 0. The van der Waals surface area contributed by atoms with Gasteiger partial charge in [0.2, 0.25) is 0 Å². The molecule has 5 heteroatoms. The zero-order valence-electron chi connectivity index (χ0n) is 14.6. The number of nitrogens with zero attached hydrogens (tertiary/aromatic N) is 2. The monoisotopic (exact) mass is 443 g/mol. The Morgan fingerprint density at radius 3 is 2.62 bits per heavy atom. The molecule has 2 aliphatic heterocycles. The van der Waals surface area contributed by atoms with E-state index in [1.807, 2.05) is 0 Å². The quantitative estimate of drug-likeness (QED) is 0.439. The van der Waals surface area contributed by atoms with E-state index in [1.54, 1.807) is 0 Å². The number of rotatable bonds is 3. The maximum Gasteiger partial charge on any atom is 0.191 e. The second-order valence-corrected chi connectivity index (χ2v) is 6.97. The van der Waals surface area contributed by atoms with Gasteiger partial charge in [-0.25, -0.2) is 0 Å². The van der Waals surface area contributed by atoms with E-state index in [9.17, 15) is 0 Å². The molecular weight excluding hydrogens is 413 g/mol. The van der Waals surface area contributed by atoms with Crippen LogP contribution >= 0.6 is 24.0 Å². The molecule has 0 bridgehead atoms. The fourth-order valence-corrected chi connectivity index (χ4v) is 3.59. The van der Waals surface area contributed by atoms with Gasteiger partial charge in [0.25, 0.3) is 0 Å². The van der Waals surface area contributed by atoms with Crippen molar-refractivity contribution >= 4 is 29.9 Å². The molecule has 2 unspecified atom stereocenters. The Hall–Kier alpha value is -0.820. The van der Waals surface area contributed by atoms with Crippen LogP contribution in [0.4, 0.5) is 0 Å². The number of piperidine rings is 1. The van der Waals surface area contributed by atoms with E-state index in [0.29, 0.717) is 11.9 Å². The molecule has 1 aromatic rings. The summed E-state index contributed by atoms with van der Waals surface area (Å²) in [7, 11) is 0. The molecule has 2 fully saturated rings. The standard InChI is InChI=1S/C19H29N3O.HI/c1-15-9-11-22(12-10-15)19(20)21-14-17-8-5-13-23-18(17)16-6-3-2-4-7-16;/h2-4,6-7,15,17-18H,5,8-14H2,1H3,(H2,20,21);1H. The molecule has 2 atom stereocenters. The van der Waals surface area contributed by atoms with Crippen molar-refractivity contribution in [3.05, 3.63) is 35.9 Å². The fourth-order valence-electron chi connectivity index (χ4n) is 3.59. The average molecular weight is 443 g/mol. The Labute approximate surface area is 162 Å². The molecule has 2 N–H and O–H groups in total. The summed E-state index contributed by atoms with van der Waals surface area (Å²) in [4.78, 5) is 6.95. The summed E-state index contributed by atoms with van der Waals surface area (Å²) in [5.41, 5.74) is 7.49. The maximum absolute atomic E-state index is 6.23. The third kappa shape index (κ3) is 5.09. The van der Waals surface area contributed by atoms with Gasteiger partial charge in [-0.3, -0.25) is 4.99 Å². The van der Waals surface area contributed by atoms with Gasteiger partial charge in [0.15, 0.2) is 5.96 Å². The Balaban J connectivity index is 0.00000208. The topological polar surface area (TPSA) is 50.8 Å². The third-order valence-corrected chi connectivity index (χ3v) is 5.17. The molecule has 0 aliphatic carbocycles. The lowest BCUT2D eigenvalue weighted by Crippen LogP contribution is -2.43. The van der Waals surface area contributed by atoms with Gasteiger partial charge in [-0.15, -0.1) is 24.0 Å². The van der Waals surface area contributed by atoms with E-state index in [0.717, 1.165) is 45.0 Å². The van der Waals surface area contributed by atoms with Crippen LogP contribution in [0, 0.1) is 11.8 Å². The number of guanidine groups is 1. The lowest BCUT2D eigenvalue weighted by atomic mass is 9.89. The first-order valence-corrected chi connectivity index (χ1v) is 8.95. The predicted molar refractivity (Wildman–Crippen MR) is 110 cm³/mol. The molecule has 0 aromatic heterocycles. The van der Waals surface area contributed by atoms with Gasteiger partial charge in [0, 0.05) is 32.2 Å². The molecule has 0 spiro atoms. The van der Waals surface area contributed by atoms with Crippen molar-refractivity contribution in [3.8, 4) is 0 Å². The van der Waals surface area contributed by atoms with Crippen LogP contribution in [0.2, 0.25) is 0 Å². The number of ether oxygens (including phenoxy) is 1. The van der Waals surface area contributed by atoms with Crippen LogP contribution in [0.1, 0.15) is 44.3 Å². The molecule has 4 nitrogen and oxygen atoms in total. The molecule has 24 heavy (non-hydrogen) atoms. The second kappa shape index (κ2) is 9.61.